The van der Waals surface area contributed by atoms with Crippen molar-refractivity contribution in [1.29, 1.82) is 0 Å². The molecule has 8 heteroatoms. The van der Waals surface area contributed by atoms with E-state index < -0.39 is 33.9 Å². The normalized spacial score (nSPS) is 20.0. The van der Waals surface area contributed by atoms with Crippen LogP contribution in [-0.4, -0.2) is 54.6 Å². The van der Waals surface area contributed by atoms with Crippen molar-refractivity contribution < 1.29 is 23.1 Å². The van der Waals surface area contributed by atoms with Gasteiger partial charge in [0.15, 0.2) is 0 Å². The number of hydrogen-bond donors (Lipinski definition) is 2. The number of nitrogens with zero attached hydrogens (tertiary/aromatic N) is 1. The van der Waals surface area contributed by atoms with Crippen LogP contribution in [0.1, 0.15) is 25.3 Å². The van der Waals surface area contributed by atoms with E-state index in [0.717, 1.165) is 5.56 Å². The molecule has 1 aromatic carbocycles. The molecule has 0 bridgehead atoms. The van der Waals surface area contributed by atoms with E-state index in [1.54, 1.807) is 19.1 Å². The summed E-state index contributed by atoms with van der Waals surface area (Å²) in [7, 11) is -3.34. The number of amides is 1. The molecule has 0 aromatic heterocycles. The highest BCUT2D eigenvalue weighted by molar-refractivity contribution is 7.89. The van der Waals surface area contributed by atoms with Crippen molar-refractivity contribution in [2.24, 2.45) is 5.92 Å². The third-order valence-corrected chi connectivity index (χ3v) is 6.26. The summed E-state index contributed by atoms with van der Waals surface area (Å²) in [5, 5.41) is 11.9. The van der Waals surface area contributed by atoms with Gasteiger partial charge in [-0.25, -0.2) is 17.5 Å². The van der Waals surface area contributed by atoms with Crippen LogP contribution in [0.2, 0.25) is 0 Å². The number of rotatable bonds is 7. The first-order valence-corrected chi connectivity index (χ1v) is 9.99. The Bertz CT molecular complexity index is 705. The molecule has 7 nitrogen and oxygen atoms in total. The molecule has 1 aromatic rings. The van der Waals surface area contributed by atoms with Gasteiger partial charge in [-0.2, -0.15) is 0 Å². The lowest BCUT2D eigenvalue weighted by molar-refractivity contribution is -0.142. The maximum Gasteiger partial charge on any atom is 0.326 e. The zero-order chi connectivity index (χ0) is 18.4. The molecule has 138 valence electrons. The van der Waals surface area contributed by atoms with Crippen molar-refractivity contribution in [2.45, 2.75) is 32.2 Å². The average molecular weight is 368 g/mol. The van der Waals surface area contributed by atoms with Crippen LogP contribution in [0.15, 0.2) is 30.3 Å². The molecule has 2 atom stereocenters. The average Bonchev–Trinajstić information content (AvgIpc) is 2.62. The summed E-state index contributed by atoms with van der Waals surface area (Å²) in [4.78, 5) is 23.9. The van der Waals surface area contributed by atoms with E-state index >= 15 is 0 Å². The first kappa shape index (κ1) is 19.4. The van der Waals surface area contributed by atoms with Crippen LogP contribution in [-0.2, 0) is 26.0 Å². The Balaban J connectivity index is 2.02. The first-order chi connectivity index (χ1) is 11.8. The Hall–Kier alpha value is -1.93. The van der Waals surface area contributed by atoms with Crippen molar-refractivity contribution >= 4 is 21.9 Å². The molecule has 1 aliphatic rings. The third kappa shape index (κ3) is 5.27. The lowest BCUT2D eigenvalue weighted by Gasteiger charge is -2.31. The van der Waals surface area contributed by atoms with Crippen LogP contribution in [0, 0.1) is 5.92 Å². The maximum atomic E-state index is 12.5. The molecule has 1 aliphatic heterocycles. The van der Waals surface area contributed by atoms with Crippen LogP contribution in [0.5, 0.6) is 0 Å². The highest BCUT2D eigenvalue weighted by atomic mass is 32.2. The minimum atomic E-state index is -3.34. The van der Waals surface area contributed by atoms with Crippen molar-refractivity contribution in [2.75, 3.05) is 18.8 Å². The summed E-state index contributed by atoms with van der Waals surface area (Å²) in [5.74, 6) is -2.04. The monoisotopic (exact) mass is 368 g/mol. The predicted molar refractivity (Wildman–Crippen MR) is 93.5 cm³/mol. The number of carbonyl (C=O) groups excluding carboxylic acids is 1. The summed E-state index contributed by atoms with van der Waals surface area (Å²) < 4.78 is 25.3. The molecule has 2 N–H and O–H groups in total. The Kier molecular flexibility index (Phi) is 6.55. The smallest absolute Gasteiger partial charge is 0.326 e. The fourth-order valence-electron chi connectivity index (χ4n) is 2.93. The van der Waals surface area contributed by atoms with Gasteiger partial charge < -0.3 is 10.4 Å². The van der Waals surface area contributed by atoms with E-state index in [2.05, 4.69) is 5.32 Å². The molecule has 2 rings (SSSR count). The number of aliphatic carboxylic acids is 1. The molecule has 0 saturated carbocycles. The van der Waals surface area contributed by atoms with Crippen molar-refractivity contribution in [1.82, 2.24) is 9.62 Å². The molecule has 2 unspecified atom stereocenters. The maximum absolute atomic E-state index is 12.5. The van der Waals surface area contributed by atoms with E-state index in [9.17, 15) is 23.1 Å². The fourth-order valence-corrected chi connectivity index (χ4v) is 4.11. The molecule has 1 amide bonds. The molecule has 1 fully saturated rings. The number of carbonyl (C=O) groups is 2. The number of piperidine rings is 1. The Morgan fingerprint density at radius 2 is 2.00 bits per heavy atom. The molecule has 1 heterocycles. The van der Waals surface area contributed by atoms with Gasteiger partial charge in [0.2, 0.25) is 15.9 Å². The van der Waals surface area contributed by atoms with E-state index in [4.69, 9.17) is 0 Å². The number of sulfonamides is 1. The highest BCUT2D eigenvalue weighted by Gasteiger charge is 2.33. The minimum Gasteiger partial charge on any atom is -0.480 e. The van der Waals surface area contributed by atoms with Crippen LogP contribution in [0.4, 0.5) is 0 Å². The second-order valence-electron chi connectivity index (χ2n) is 6.19. The van der Waals surface area contributed by atoms with E-state index in [1.165, 1.54) is 4.31 Å². The van der Waals surface area contributed by atoms with Crippen LogP contribution < -0.4 is 5.32 Å². The number of carboxylic acid groups (broad SMARTS) is 1. The fraction of sp³-hybridized carbons (Fsp3) is 0.529. The van der Waals surface area contributed by atoms with Gasteiger partial charge in [0, 0.05) is 19.5 Å². The largest absolute Gasteiger partial charge is 0.480 e. The summed E-state index contributed by atoms with van der Waals surface area (Å²) in [6.45, 7) is 2.09. The highest BCUT2D eigenvalue weighted by Crippen LogP contribution is 2.20. The van der Waals surface area contributed by atoms with Crippen LogP contribution in [0.3, 0.4) is 0 Å². The second-order valence-corrected chi connectivity index (χ2v) is 8.44. The molecule has 0 radical (unpaired) electrons. The van der Waals surface area contributed by atoms with Crippen LogP contribution >= 0.6 is 0 Å². The van der Waals surface area contributed by atoms with Gasteiger partial charge in [0.05, 0.1) is 11.7 Å². The van der Waals surface area contributed by atoms with E-state index in [0.29, 0.717) is 19.4 Å². The van der Waals surface area contributed by atoms with Gasteiger partial charge in [0.1, 0.15) is 6.04 Å². The number of nitrogens with one attached hydrogen (secondary N) is 1. The van der Waals surface area contributed by atoms with Gasteiger partial charge in [-0.15, -0.1) is 0 Å². The molecular weight excluding hydrogens is 344 g/mol. The van der Waals surface area contributed by atoms with Crippen molar-refractivity contribution in [3.8, 4) is 0 Å². The molecule has 1 saturated heterocycles. The van der Waals surface area contributed by atoms with Crippen molar-refractivity contribution in [3.05, 3.63) is 35.9 Å². The lowest BCUT2D eigenvalue weighted by Crippen LogP contribution is -2.50. The predicted octanol–water partition coefficient (Wildman–Crippen LogP) is 0.860. The molecule has 25 heavy (non-hydrogen) atoms. The molecule has 0 spiro atoms. The standard InChI is InChI=1S/C17H24N2O5S/c1-2-25(23,24)19-10-6-9-14(12-19)16(20)18-15(17(21)22)11-13-7-4-3-5-8-13/h3-5,7-8,14-15H,2,6,9-12H2,1H3,(H,18,20)(H,21,22). The van der Waals surface area contributed by atoms with Gasteiger partial charge in [-0.3, -0.25) is 4.79 Å². The first-order valence-electron chi connectivity index (χ1n) is 8.38. The summed E-state index contributed by atoms with van der Waals surface area (Å²) in [5.41, 5.74) is 0.814. The quantitative estimate of drug-likeness (QED) is 0.743. The lowest BCUT2D eigenvalue weighted by atomic mass is 9.97. The summed E-state index contributed by atoms with van der Waals surface area (Å²) in [6.07, 6.45) is 1.33. The van der Waals surface area contributed by atoms with Gasteiger partial charge >= 0.3 is 5.97 Å². The number of carboxylic acids is 1. The number of benzene rings is 1. The third-order valence-electron chi connectivity index (χ3n) is 4.41. The van der Waals surface area contributed by atoms with E-state index in [1.807, 2.05) is 18.2 Å². The van der Waals surface area contributed by atoms with Gasteiger partial charge in [-0.05, 0) is 25.3 Å². The Morgan fingerprint density at radius 1 is 1.32 bits per heavy atom. The summed E-state index contributed by atoms with van der Waals surface area (Å²) in [6, 6.07) is 8.03. The topological polar surface area (TPSA) is 104 Å². The summed E-state index contributed by atoms with van der Waals surface area (Å²) >= 11 is 0. The minimum absolute atomic E-state index is 0.00685. The van der Waals surface area contributed by atoms with Crippen LogP contribution in [0.25, 0.3) is 0 Å². The number of hydrogen-bond acceptors (Lipinski definition) is 4. The van der Waals surface area contributed by atoms with Gasteiger partial charge in [0.25, 0.3) is 0 Å². The van der Waals surface area contributed by atoms with E-state index in [-0.39, 0.29) is 18.7 Å². The zero-order valence-corrected chi connectivity index (χ0v) is 15.0. The Labute approximate surface area is 148 Å². The zero-order valence-electron chi connectivity index (χ0n) is 14.2. The molecular formula is C17H24N2O5S. The second kappa shape index (κ2) is 8.44. The molecule has 0 aliphatic carbocycles. The SMILES string of the molecule is CCS(=O)(=O)N1CCCC(C(=O)NC(Cc2ccccc2)C(=O)O)C1. The van der Waals surface area contributed by atoms with Gasteiger partial charge in [-0.1, -0.05) is 30.3 Å². The Morgan fingerprint density at radius 3 is 2.60 bits per heavy atom. The van der Waals surface area contributed by atoms with Crippen molar-refractivity contribution in [3.63, 3.8) is 0 Å².